The molecule has 0 saturated carbocycles. The molecule has 2 aromatic carbocycles. The molecule has 2 rings (SSSR count). The Morgan fingerprint density at radius 2 is 1.77 bits per heavy atom. The van der Waals surface area contributed by atoms with E-state index in [1.165, 1.54) is 19.2 Å². The Labute approximate surface area is 155 Å². The fraction of sp³-hybridized carbons (Fsp3) is 0.316. The van der Waals surface area contributed by atoms with Crippen molar-refractivity contribution in [2.45, 2.75) is 17.9 Å². The first-order chi connectivity index (χ1) is 12.3. The van der Waals surface area contributed by atoms with E-state index in [2.05, 4.69) is 10.0 Å². The molecule has 0 aromatic heterocycles. The van der Waals surface area contributed by atoms with Crippen LogP contribution in [0.2, 0.25) is 0 Å². The van der Waals surface area contributed by atoms with E-state index in [0.29, 0.717) is 12.1 Å². The summed E-state index contributed by atoms with van der Waals surface area (Å²) in [7, 11) is 1.65. The second kappa shape index (κ2) is 8.44. The fourth-order valence-corrected chi connectivity index (χ4v) is 3.44. The van der Waals surface area contributed by atoms with Gasteiger partial charge in [-0.05, 0) is 51.3 Å². The third-order valence-corrected chi connectivity index (χ3v) is 5.71. The SMILES string of the molecule is CNS(=O)(=O)c1ccc(C)c(C(=O)NCC(c2ccccc2)N(C)C)c1. The van der Waals surface area contributed by atoms with Gasteiger partial charge in [-0.25, -0.2) is 13.1 Å². The summed E-state index contributed by atoms with van der Waals surface area (Å²) in [4.78, 5) is 14.8. The molecule has 0 fully saturated rings. The first-order valence-electron chi connectivity index (χ1n) is 8.30. The minimum atomic E-state index is -3.60. The van der Waals surface area contributed by atoms with Crippen LogP contribution < -0.4 is 10.0 Å². The molecule has 0 aliphatic carbocycles. The molecule has 2 aromatic rings. The van der Waals surface area contributed by atoms with Crippen molar-refractivity contribution in [1.29, 1.82) is 0 Å². The summed E-state index contributed by atoms with van der Waals surface area (Å²) >= 11 is 0. The largest absolute Gasteiger partial charge is 0.350 e. The molecule has 0 aliphatic heterocycles. The molecule has 7 heteroatoms. The zero-order chi connectivity index (χ0) is 19.3. The molecule has 6 nitrogen and oxygen atoms in total. The number of hydrogen-bond acceptors (Lipinski definition) is 4. The van der Waals surface area contributed by atoms with Gasteiger partial charge in [0.25, 0.3) is 5.91 Å². The van der Waals surface area contributed by atoms with Crippen LogP contribution in [0.25, 0.3) is 0 Å². The summed E-state index contributed by atoms with van der Waals surface area (Å²) in [5.41, 5.74) is 2.17. The third kappa shape index (κ3) is 4.69. The van der Waals surface area contributed by atoms with Crippen molar-refractivity contribution in [2.24, 2.45) is 0 Å². The third-order valence-electron chi connectivity index (χ3n) is 4.30. The van der Waals surface area contributed by atoms with E-state index >= 15 is 0 Å². The fourth-order valence-electron chi connectivity index (χ4n) is 2.69. The number of likely N-dealkylation sites (N-methyl/N-ethyl adjacent to an activating group) is 1. The van der Waals surface area contributed by atoms with Crippen LogP contribution in [-0.4, -0.2) is 46.9 Å². The van der Waals surface area contributed by atoms with E-state index in [9.17, 15) is 13.2 Å². The lowest BCUT2D eigenvalue weighted by Crippen LogP contribution is -2.35. The summed E-state index contributed by atoms with van der Waals surface area (Å²) in [6.07, 6.45) is 0. The molecule has 1 amide bonds. The van der Waals surface area contributed by atoms with Crippen molar-refractivity contribution in [3.63, 3.8) is 0 Å². The minimum Gasteiger partial charge on any atom is -0.350 e. The average Bonchev–Trinajstić information content (AvgIpc) is 2.62. The molecular formula is C19H25N3O3S. The van der Waals surface area contributed by atoms with E-state index < -0.39 is 10.0 Å². The van der Waals surface area contributed by atoms with Crippen LogP contribution >= 0.6 is 0 Å². The van der Waals surface area contributed by atoms with Crippen molar-refractivity contribution in [2.75, 3.05) is 27.7 Å². The zero-order valence-electron chi connectivity index (χ0n) is 15.5. The number of nitrogens with one attached hydrogen (secondary N) is 2. The van der Waals surface area contributed by atoms with Gasteiger partial charge in [-0.3, -0.25) is 4.79 Å². The minimum absolute atomic E-state index is 0.0182. The number of benzene rings is 2. The van der Waals surface area contributed by atoms with Gasteiger partial charge in [0.15, 0.2) is 0 Å². The molecule has 2 N–H and O–H groups in total. The molecule has 0 aliphatic rings. The number of amides is 1. The predicted octanol–water partition coefficient (Wildman–Crippen LogP) is 1.94. The molecule has 0 saturated heterocycles. The quantitative estimate of drug-likeness (QED) is 0.775. The molecule has 0 spiro atoms. The first-order valence-corrected chi connectivity index (χ1v) is 9.78. The van der Waals surface area contributed by atoms with Gasteiger partial charge in [-0.15, -0.1) is 0 Å². The molecule has 1 unspecified atom stereocenters. The number of sulfonamides is 1. The van der Waals surface area contributed by atoms with Crippen molar-refractivity contribution < 1.29 is 13.2 Å². The molecule has 0 bridgehead atoms. The van der Waals surface area contributed by atoms with Crippen molar-refractivity contribution in [3.8, 4) is 0 Å². The number of carbonyl (C=O) groups is 1. The monoisotopic (exact) mass is 375 g/mol. The lowest BCUT2D eigenvalue weighted by atomic mass is 10.1. The van der Waals surface area contributed by atoms with Crippen molar-refractivity contribution in [1.82, 2.24) is 14.9 Å². The van der Waals surface area contributed by atoms with E-state index in [-0.39, 0.29) is 16.8 Å². The highest BCUT2D eigenvalue weighted by atomic mass is 32.2. The lowest BCUT2D eigenvalue weighted by Gasteiger charge is -2.25. The Hall–Kier alpha value is -2.22. The topological polar surface area (TPSA) is 78.5 Å². The summed E-state index contributed by atoms with van der Waals surface area (Å²) in [5, 5.41) is 2.92. The van der Waals surface area contributed by atoms with Gasteiger partial charge in [0.1, 0.15) is 0 Å². The Bertz CT molecular complexity index is 865. The zero-order valence-corrected chi connectivity index (χ0v) is 16.3. The first kappa shape index (κ1) is 20.1. The predicted molar refractivity (Wildman–Crippen MR) is 103 cm³/mol. The highest BCUT2D eigenvalue weighted by molar-refractivity contribution is 7.89. The molecular weight excluding hydrogens is 350 g/mol. The summed E-state index contributed by atoms with van der Waals surface area (Å²) in [6, 6.07) is 14.5. The van der Waals surface area contributed by atoms with Crippen LogP contribution in [0.1, 0.15) is 27.5 Å². The standard InChI is InChI=1S/C19H25N3O3S/c1-14-10-11-16(26(24,25)20-2)12-17(14)19(23)21-13-18(22(3)4)15-8-6-5-7-9-15/h5-12,18,20H,13H2,1-4H3,(H,21,23). The Morgan fingerprint density at radius 3 is 2.35 bits per heavy atom. The maximum absolute atomic E-state index is 12.6. The number of carbonyl (C=O) groups excluding carboxylic acids is 1. The van der Waals surface area contributed by atoms with Gasteiger partial charge in [0.2, 0.25) is 10.0 Å². The van der Waals surface area contributed by atoms with Gasteiger partial charge >= 0.3 is 0 Å². The summed E-state index contributed by atoms with van der Waals surface area (Å²) < 4.78 is 26.2. The average molecular weight is 375 g/mol. The maximum Gasteiger partial charge on any atom is 0.251 e. The number of rotatable bonds is 7. The second-order valence-electron chi connectivity index (χ2n) is 6.28. The van der Waals surface area contributed by atoms with Gasteiger partial charge in [-0.2, -0.15) is 0 Å². The summed E-state index contributed by atoms with van der Waals surface area (Å²) in [5.74, 6) is -0.293. The van der Waals surface area contributed by atoms with Crippen LogP contribution in [0.4, 0.5) is 0 Å². The lowest BCUT2D eigenvalue weighted by molar-refractivity contribution is 0.0941. The van der Waals surface area contributed by atoms with Gasteiger partial charge in [0, 0.05) is 12.1 Å². The Morgan fingerprint density at radius 1 is 1.12 bits per heavy atom. The Balaban J connectivity index is 2.20. The van der Waals surface area contributed by atoms with Crippen LogP contribution in [0.15, 0.2) is 53.4 Å². The number of nitrogens with zero attached hydrogens (tertiary/aromatic N) is 1. The maximum atomic E-state index is 12.6. The molecule has 140 valence electrons. The Kier molecular flexibility index (Phi) is 6.52. The number of hydrogen-bond donors (Lipinski definition) is 2. The van der Waals surface area contributed by atoms with Gasteiger partial charge in [-0.1, -0.05) is 36.4 Å². The van der Waals surface area contributed by atoms with Gasteiger partial charge in [0.05, 0.1) is 10.9 Å². The van der Waals surface area contributed by atoms with Crippen LogP contribution in [0.3, 0.4) is 0 Å². The van der Waals surface area contributed by atoms with Crippen LogP contribution in [-0.2, 0) is 10.0 Å². The molecule has 26 heavy (non-hydrogen) atoms. The van der Waals surface area contributed by atoms with E-state index in [1.807, 2.05) is 49.3 Å². The highest BCUT2D eigenvalue weighted by Gasteiger charge is 2.19. The molecule has 0 heterocycles. The molecule has 1 atom stereocenters. The second-order valence-corrected chi connectivity index (χ2v) is 8.17. The van der Waals surface area contributed by atoms with Crippen molar-refractivity contribution in [3.05, 3.63) is 65.2 Å². The summed E-state index contributed by atoms with van der Waals surface area (Å²) in [6.45, 7) is 2.20. The number of aryl methyl sites for hydroxylation is 1. The van der Waals surface area contributed by atoms with E-state index in [1.54, 1.807) is 13.0 Å². The van der Waals surface area contributed by atoms with E-state index in [0.717, 1.165) is 11.1 Å². The van der Waals surface area contributed by atoms with E-state index in [4.69, 9.17) is 0 Å². The van der Waals surface area contributed by atoms with Crippen LogP contribution in [0, 0.1) is 6.92 Å². The normalized spacial score (nSPS) is 12.8. The van der Waals surface area contributed by atoms with Gasteiger partial charge < -0.3 is 10.2 Å². The smallest absolute Gasteiger partial charge is 0.251 e. The van der Waals surface area contributed by atoms with Crippen LogP contribution in [0.5, 0.6) is 0 Å². The molecule has 0 radical (unpaired) electrons. The van der Waals surface area contributed by atoms with Crippen molar-refractivity contribution >= 4 is 15.9 Å². The highest BCUT2D eigenvalue weighted by Crippen LogP contribution is 2.18.